The highest BCUT2D eigenvalue weighted by Gasteiger charge is 2.27. The summed E-state index contributed by atoms with van der Waals surface area (Å²) in [6, 6.07) is 12.3. The largest absolute Gasteiger partial charge is 0.345 e. The molecule has 4 aromatic rings. The second-order valence-electron chi connectivity index (χ2n) is 8.84. The number of aryl methyl sites for hydroxylation is 1. The van der Waals surface area contributed by atoms with Crippen molar-refractivity contribution in [2.75, 3.05) is 0 Å². The lowest BCUT2D eigenvalue weighted by Gasteiger charge is -2.24. The molecule has 3 aromatic heterocycles. The number of nitrogens with one attached hydrogen (secondary N) is 1. The number of aromatic nitrogens is 5. The molecule has 1 aromatic carbocycles. The molecule has 0 aliphatic heterocycles. The number of carbonyl (C=O) groups excluding carboxylic acids is 1. The molecule has 164 valence electrons. The van der Waals surface area contributed by atoms with Gasteiger partial charge in [-0.15, -0.1) is 0 Å². The predicted octanol–water partition coefficient (Wildman–Crippen LogP) is 4.37. The summed E-state index contributed by atoms with van der Waals surface area (Å²) in [5.41, 5.74) is 5.76. The summed E-state index contributed by atoms with van der Waals surface area (Å²) >= 11 is 0. The second kappa shape index (κ2) is 8.22. The lowest BCUT2D eigenvalue weighted by atomic mass is 9.92. The molecule has 1 aliphatic rings. The number of rotatable bonds is 5. The molecular weight excluding hydrogens is 400 g/mol. The minimum absolute atomic E-state index is 0.0422. The Morgan fingerprint density at radius 3 is 2.78 bits per heavy atom. The summed E-state index contributed by atoms with van der Waals surface area (Å²) in [6.07, 6.45) is 6.59. The van der Waals surface area contributed by atoms with Crippen LogP contribution in [0.2, 0.25) is 0 Å². The van der Waals surface area contributed by atoms with Crippen molar-refractivity contribution in [1.29, 1.82) is 0 Å². The SMILES string of the molecule is Cc1cc(C(=O)NC2CCCc3c2cnn3Cc2ccccc2)c2cnn(C(C)C)c2n1. The highest BCUT2D eigenvalue weighted by molar-refractivity contribution is 6.05. The van der Waals surface area contributed by atoms with Crippen molar-refractivity contribution in [3.8, 4) is 0 Å². The lowest BCUT2D eigenvalue weighted by Crippen LogP contribution is -2.31. The number of fused-ring (bicyclic) bond motifs is 2. The molecule has 0 saturated heterocycles. The standard InChI is InChI=1S/C25H28N6O/c1-16(2)31-24-20(13-27-31)19(12-17(3)28-24)25(32)29-22-10-7-11-23-21(22)14-26-30(23)15-18-8-5-4-6-9-18/h4-6,8-9,12-14,16,22H,7,10-11,15H2,1-3H3,(H,29,32). The minimum atomic E-state index is -0.0857. The predicted molar refractivity (Wildman–Crippen MR) is 124 cm³/mol. The van der Waals surface area contributed by atoms with Crippen molar-refractivity contribution < 1.29 is 4.79 Å². The number of amides is 1. The van der Waals surface area contributed by atoms with Crippen molar-refractivity contribution in [3.05, 3.63) is 76.9 Å². The minimum Gasteiger partial charge on any atom is -0.345 e. The van der Waals surface area contributed by atoms with Crippen molar-refractivity contribution >= 4 is 16.9 Å². The number of pyridine rings is 1. The lowest BCUT2D eigenvalue weighted by molar-refractivity contribution is 0.0934. The topological polar surface area (TPSA) is 77.6 Å². The number of hydrogen-bond donors (Lipinski definition) is 1. The van der Waals surface area contributed by atoms with Gasteiger partial charge >= 0.3 is 0 Å². The van der Waals surface area contributed by atoms with E-state index in [1.54, 1.807) is 6.20 Å². The first-order chi connectivity index (χ1) is 15.5. The molecule has 3 heterocycles. The highest BCUT2D eigenvalue weighted by atomic mass is 16.1. The summed E-state index contributed by atoms with van der Waals surface area (Å²) in [5.74, 6) is -0.0857. The molecule has 1 aliphatic carbocycles. The second-order valence-corrected chi connectivity index (χ2v) is 8.84. The first kappa shape index (κ1) is 20.4. The first-order valence-corrected chi connectivity index (χ1v) is 11.3. The molecule has 0 spiro atoms. The van der Waals surface area contributed by atoms with Crippen LogP contribution in [0, 0.1) is 6.92 Å². The maximum atomic E-state index is 13.4. The van der Waals surface area contributed by atoms with Crippen LogP contribution >= 0.6 is 0 Å². The van der Waals surface area contributed by atoms with Gasteiger partial charge in [-0.1, -0.05) is 30.3 Å². The molecular formula is C25H28N6O. The third kappa shape index (κ3) is 3.68. The quantitative estimate of drug-likeness (QED) is 0.512. The molecule has 1 unspecified atom stereocenters. The van der Waals surface area contributed by atoms with Crippen LogP contribution in [0.25, 0.3) is 11.0 Å². The fourth-order valence-corrected chi connectivity index (χ4v) is 4.61. The Hall–Kier alpha value is -3.48. The maximum absolute atomic E-state index is 13.4. The van der Waals surface area contributed by atoms with E-state index in [4.69, 9.17) is 0 Å². The Balaban J connectivity index is 1.42. The molecule has 7 heteroatoms. The van der Waals surface area contributed by atoms with Crippen LogP contribution in [0.5, 0.6) is 0 Å². The Morgan fingerprint density at radius 1 is 1.19 bits per heavy atom. The van der Waals surface area contributed by atoms with E-state index in [0.29, 0.717) is 5.56 Å². The molecule has 1 N–H and O–H groups in total. The third-order valence-electron chi connectivity index (χ3n) is 6.17. The van der Waals surface area contributed by atoms with E-state index in [2.05, 4.69) is 51.2 Å². The maximum Gasteiger partial charge on any atom is 0.252 e. The molecule has 32 heavy (non-hydrogen) atoms. The van der Waals surface area contributed by atoms with Gasteiger partial charge in [0.2, 0.25) is 0 Å². The van der Waals surface area contributed by atoms with Crippen LogP contribution in [0.3, 0.4) is 0 Å². The molecule has 0 fully saturated rings. The summed E-state index contributed by atoms with van der Waals surface area (Å²) < 4.78 is 3.94. The van der Waals surface area contributed by atoms with Gasteiger partial charge in [-0.05, 0) is 51.7 Å². The Morgan fingerprint density at radius 2 is 2.00 bits per heavy atom. The van der Waals surface area contributed by atoms with Crippen molar-refractivity contribution in [3.63, 3.8) is 0 Å². The number of nitrogens with zero attached hydrogens (tertiary/aromatic N) is 5. The fraction of sp³-hybridized carbons (Fsp3) is 0.360. The summed E-state index contributed by atoms with van der Waals surface area (Å²) in [4.78, 5) is 18.0. The van der Waals surface area contributed by atoms with Gasteiger partial charge in [0.1, 0.15) is 0 Å². The molecule has 0 bridgehead atoms. The smallest absolute Gasteiger partial charge is 0.252 e. The van der Waals surface area contributed by atoms with E-state index in [1.807, 2.05) is 42.1 Å². The summed E-state index contributed by atoms with van der Waals surface area (Å²) in [6.45, 7) is 6.79. The molecule has 1 amide bonds. The zero-order chi connectivity index (χ0) is 22.2. The normalized spacial score (nSPS) is 15.8. The van der Waals surface area contributed by atoms with E-state index in [0.717, 1.165) is 48.1 Å². The number of hydrogen-bond acceptors (Lipinski definition) is 4. The monoisotopic (exact) mass is 428 g/mol. The molecule has 0 radical (unpaired) electrons. The fourth-order valence-electron chi connectivity index (χ4n) is 4.61. The van der Waals surface area contributed by atoms with E-state index in [9.17, 15) is 4.79 Å². The Bertz CT molecular complexity index is 1270. The average molecular weight is 429 g/mol. The average Bonchev–Trinajstić information content (AvgIpc) is 3.39. The zero-order valence-corrected chi connectivity index (χ0v) is 18.7. The van der Waals surface area contributed by atoms with Crippen LogP contribution in [-0.4, -0.2) is 30.5 Å². The van der Waals surface area contributed by atoms with Crippen molar-refractivity contribution in [2.45, 2.75) is 58.7 Å². The Kier molecular flexibility index (Phi) is 5.25. The van der Waals surface area contributed by atoms with Crippen LogP contribution in [-0.2, 0) is 13.0 Å². The van der Waals surface area contributed by atoms with Crippen molar-refractivity contribution in [2.24, 2.45) is 0 Å². The first-order valence-electron chi connectivity index (χ1n) is 11.3. The molecule has 0 saturated carbocycles. The third-order valence-corrected chi connectivity index (χ3v) is 6.17. The molecule has 7 nitrogen and oxygen atoms in total. The summed E-state index contributed by atoms with van der Waals surface area (Å²) in [5, 5.41) is 13.2. The van der Waals surface area contributed by atoms with Crippen LogP contribution in [0.15, 0.2) is 48.8 Å². The van der Waals surface area contributed by atoms with Gasteiger partial charge in [-0.2, -0.15) is 10.2 Å². The van der Waals surface area contributed by atoms with Gasteiger partial charge in [-0.25, -0.2) is 9.67 Å². The van der Waals surface area contributed by atoms with Gasteiger partial charge in [0.15, 0.2) is 5.65 Å². The van der Waals surface area contributed by atoms with Gasteiger partial charge in [0.25, 0.3) is 5.91 Å². The van der Waals surface area contributed by atoms with Crippen LogP contribution in [0.1, 0.15) is 71.6 Å². The highest BCUT2D eigenvalue weighted by Crippen LogP contribution is 2.31. The van der Waals surface area contributed by atoms with E-state index < -0.39 is 0 Å². The van der Waals surface area contributed by atoms with Crippen molar-refractivity contribution in [1.82, 2.24) is 29.9 Å². The molecule has 5 rings (SSSR count). The van der Waals surface area contributed by atoms with E-state index in [-0.39, 0.29) is 18.0 Å². The number of benzene rings is 1. The molecule has 1 atom stereocenters. The Labute approximate surface area is 187 Å². The van der Waals surface area contributed by atoms with Gasteiger partial charge < -0.3 is 5.32 Å². The van der Waals surface area contributed by atoms with E-state index in [1.165, 1.54) is 11.3 Å². The van der Waals surface area contributed by atoms with Crippen LogP contribution in [0.4, 0.5) is 0 Å². The number of carbonyl (C=O) groups is 1. The van der Waals surface area contributed by atoms with Gasteiger partial charge in [0.05, 0.1) is 35.9 Å². The zero-order valence-electron chi connectivity index (χ0n) is 18.7. The summed E-state index contributed by atoms with van der Waals surface area (Å²) in [7, 11) is 0. The van der Waals surface area contributed by atoms with Gasteiger partial charge in [0, 0.05) is 23.0 Å². The van der Waals surface area contributed by atoms with Crippen LogP contribution < -0.4 is 5.32 Å². The van der Waals surface area contributed by atoms with E-state index >= 15 is 0 Å². The van der Waals surface area contributed by atoms with Gasteiger partial charge in [-0.3, -0.25) is 9.48 Å².